The highest BCUT2D eigenvalue weighted by Gasteiger charge is 2.34. The third kappa shape index (κ3) is 4.35. The van der Waals surface area contributed by atoms with Crippen molar-refractivity contribution in [2.24, 2.45) is 0 Å². The monoisotopic (exact) mass is 405 g/mol. The minimum Gasteiger partial charge on any atom is -0.352 e. The van der Waals surface area contributed by atoms with Crippen LogP contribution in [0.2, 0.25) is 0 Å². The molecule has 8 heteroatoms. The van der Waals surface area contributed by atoms with Crippen LogP contribution in [0.15, 0.2) is 24.3 Å². The zero-order chi connectivity index (χ0) is 20.3. The quantitative estimate of drug-likeness (QED) is 0.577. The number of hydrogen-bond acceptors (Lipinski definition) is 4. The number of benzene rings is 1. The zero-order valence-electron chi connectivity index (χ0n) is 15.8. The molecule has 4 amide bonds. The summed E-state index contributed by atoms with van der Waals surface area (Å²) in [5.41, 5.74) is 0.850. The van der Waals surface area contributed by atoms with E-state index in [0.29, 0.717) is 43.5 Å². The SMILES string of the molecule is CC(Cl)C(=O)NC1CCN(C(=O)CCCN2C(=O)c3ccccc3C2=O)CC1. The summed E-state index contributed by atoms with van der Waals surface area (Å²) in [6.07, 6.45) is 2.10. The van der Waals surface area contributed by atoms with Gasteiger partial charge >= 0.3 is 0 Å². The number of alkyl halides is 1. The molecular weight excluding hydrogens is 382 g/mol. The molecule has 2 aliphatic heterocycles. The lowest BCUT2D eigenvalue weighted by Crippen LogP contribution is -2.47. The number of rotatable bonds is 6. The van der Waals surface area contributed by atoms with Crippen molar-refractivity contribution in [1.82, 2.24) is 15.1 Å². The van der Waals surface area contributed by atoms with Gasteiger partial charge in [-0.15, -0.1) is 11.6 Å². The normalized spacial score (nSPS) is 18.2. The Hall–Kier alpha value is -2.41. The molecule has 28 heavy (non-hydrogen) atoms. The van der Waals surface area contributed by atoms with E-state index in [4.69, 9.17) is 11.6 Å². The molecule has 0 bridgehead atoms. The average Bonchev–Trinajstić information content (AvgIpc) is 2.93. The molecule has 1 saturated heterocycles. The summed E-state index contributed by atoms with van der Waals surface area (Å²) >= 11 is 5.76. The van der Waals surface area contributed by atoms with E-state index in [1.54, 1.807) is 36.1 Å². The van der Waals surface area contributed by atoms with Crippen LogP contribution in [0.1, 0.15) is 53.3 Å². The largest absolute Gasteiger partial charge is 0.352 e. The first-order valence-corrected chi connectivity index (χ1v) is 9.99. The van der Waals surface area contributed by atoms with Gasteiger partial charge in [-0.25, -0.2) is 0 Å². The van der Waals surface area contributed by atoms with Crippen LogP contribution in [-0.4, -0.2) is 64.5 Å². The van der Waals surface area contributed by atoms with Gasteiger partial charge in [-0.05, 0) is 38.3 Å². The van der Waals surface area contributed by atoms with Crippen molar-refractivity contribution in [2.45, 2.75) is 44.0 Å². The van der Waals surface area contributed by atoms with Gasteiger partial charge in [-0.2, -0.15) is 0 Å². The molecule has 0 aliphatic carbocycles. The van der Waals surface area contributed by atoms with Crippen molar-refractivity contribution in [1.29, 1.82) is 0 Å². The lowest BCUT2D eigenvalue weighted by molar-refractivity contribution is -0.132. The molecule has 1 fully saturated rings. The molecular formula is C20H24ClN3O4. The van der Waals surface area contributed by atoms with Crippen molar-refractivity contribution in [2.75, 3.05) is 19.6 Å². The summed E-state index contributed by atoms with van der Waals surface area (Å²) in [5, 5.41) is 2.32. The smallest absolute Gasteiger partial charge is 0.261 e. The molecule has 1 unspecified atom stereocenters. The van der Waals surface area contributed by atoms with Crippen LogP contribution in [0.5, 0.6) is 0 Å². The third-order valence-corrected chi connectivity index (χ3v) is 5.40. The van der Waals surface area contributed by atoms with Crippen LogP contribution in [0.3, 0.4) is 0 Å². The Morgan fingerprint density at radius 3 is 2.25 bits per heavy atom. The Bertz CT molecular complexity index is 752. The molecule has 0 aromatic heterocycles. The second-order valence-corrected chi connectivity index (χ2v) is 7.85. The van der Waals surface area contributed by atoms with E-state index in [-0.39, 0.29) is 42.6 Å². The molecule has 2 heterocycles. The van der Waals surface area contributed by atoms with Gasteiger partial charge in [-0.3, -0.25) is 24.1 Å². The zero-order valence-corrected chi connectivity index (χ0v) is 16.6. The predicted molar refractivity (Wildman–Crippen MR) is 104 cm³/mol. The number of nitrogens with one attached hydrogen (secondary N) is 1. The fourth-order valence-electron chi connectivity index (χ4n) is 3.58. The Morgan fingerprint density at radius 1 is 1.14 bits per heavy atom. The van der Waals surface area contributed by atoms with Gasteiger partial charge < -0.3 is 10.2 Å². The van der Waals surface area contributed by atoms with Gasteiger partial charge in [0.2, 0.25) is 11.8 Å². The van der Waals surface area contributed by atoms with Crippen molar-refractivity contribution in [3.8, 4) is 0 Å². The van der Waals surface area contributed by atoms with Crippen molar-refractivity contribution >= 4 is 35.2 Å². The number of piperidine rings is 1. The van der Waals surface area contributed by atoms with Crippen LogP contribution in [-0.2, 0) is 9.59 Å². The number of carbonyl (C=O) groups is 4. The molecule has 1 atom stereocenters. The van der Waals surface area contributed by atoms with E-state index < -0.39 is 5.38 Å². The summed E-state index contributed by atoms with van der Waals surface area (Å²) < 4.78 is 0. The third-order valence-electron chi connectivity index (χ3n) is 5.21. The molecule has 1 aromatic rings. The second-order valence-electron chi connectivity index (χ2n) is 7.19. The van der Waals surface area contributed by atoms with Crippen LogP contribution in [0, 0.1) is 0 Å². The molecule has 0 saturated carbocycles. The number of fused-ring (bicyclic) bond motifs is 1. The van der Waals surface area contributed by atoms with Crippen LogP contribution >= 0.6 is 11.6 Å². The first kappa shape index (κ1) is 20.3. The van der Waals surface area contributed by atoms with Gasteiger partial charge in [0.05, 0.1) is 11.1 Å². The van der Waals surface area contributed by atoms with Gasteiger partial charge in [-0.1, -0.05) is 12.1 Å². The lowest BCUT2D eigenvalue weighted by Gasteiger charge is -2.32. The van der Waals surface area contributed by atoms with Crippen molar-refractivity contribution in [3.63, 3.8) is 0 Å². The fourth-order valence-corrected chi connectivity index (χ4v) is 3.64. The van der Waals surface area contributed by atoms with E-state index in [1.807, 2.05) is 0 Å². The molecule has 2 aliphatic rings. The van der Waals surface area contributed by atoms with Crippen molar-refractivity contribution in [3.05, 3.63) is 35.4 Å². The molecule has 3 rings (SSSR count). The Labute approximate surface area is 169 Å². The molecule has 0 radical (unpaired) electrons. The first-order chi connectivity index (χ1) is 13.4. The summed E-state index contributed by atoms with van der Waals surface area (Å²) in [7, 11) is 0. The first-order valence-electron chi connectivity index (χ1n) is 9.56. The Morgan fingerprint density at radius 2 is 1.71 bits per heavy atom. The standard InChI is InChI=1S/C20H24ClN3O4/c1-13(21)18(26)22-14-8-11-23(12-9-14)17(25)7-4-10-24-19(27)15-5-2-3-6-16(15)20(24)28/h2-3,5-6,13-14H,4,7-12H2,1H3,(H,22,26). The molecule has 150 valence electrons. The predicted octanol–water partition coefficient (Wildman–Crippen LogP) is 1.80. The van der Waals surface area contributed by atoms with Gasteiger partial charge in [0, 0.05) is 32.1 Å². The van der Waals surface area contributed by atoms with E-state index >= 15 is 0 Å². The minimum absolute atomic E-state index is 0.00657. The number of amides is 4. The van der Waals surface area contributed by atoms with E-state index in [2.05, 4.69) is 5.32 Å². The van der Waals surface area contributed by atoms with E-state index in [0.717, 1.165) is 0 Å². The van der Waals surface area contributed by atoms with Gasteiger partial charge in [0.25, 0.3) is 11.8 Å². The van der Waals surface area contributed by atoms with E-state index in [9.17, 15) is 19.2 Å². The van der Waals surface area contributed by atoms with Crippen molar-refractivity contribution < 1.29 is 19.2 Å². The molecule has 0 spiro atoms. The Kier molecular flexibility index (Phi) is 6.34. The number of nitrogens with zero attached hydrogens (tertiary/aromatic N) is 2. The number of carbonyl (C=O) groups excluding carboxylic acids is 4. The van der Waals surface area contributed by atoms with Crippen LogP contribution in [0.25, 0.3) is 0 Å². The fraction of sp³-hybridized carbons (Fsp3) is 0.500. The van der Waals surface area contributed by atoms with E-state index in [1.165, 1.54) is 4.90 Å². The molecule has 1 N–H and O–H groups in total. The molecule has 1 aromatic carbocycles. The summed E-state index contributed by atoms with van der Waals surface area (Å²) in [6.45, 7) is 3.02. The maximum absolute atomic E-state index is 12.4. The number of imide groups is 1. The molecule has 7 nitrogen and oxygen atoms in total. The highest BCUT2D eigenvalue weighted by atomic mass is 35.5. The summed E-state index contributed by atoms with van der Waals surface area (Å²) in [4.78, 5) is 51.7. The maximum atomic E-state index is 12.4. The summed E-state index contributed by atoms with van der Waals surface area (Å²) in [6, 6.07) is 6.80. The Balaban J connectivity index is 1.42. The van der Waals surface area contributed by atoms with Gasteiger partial charge in [0.1, 0.15) is 5.38 Å². The minimum atomic E-state index is -0.568. The van der Waals surface area contributed by atoms with Gasteiger partial charge in [0.15, 0.2) is 0 Å². The van der Waals surface area contributed by atoms with Crippen LogP contribution < -0.4 is 5.32 Å². The summed E-state index contributed by atoms with van der Waals surface area (Å²) in [5.74, 6) is -0.768. The van der Waals surface area contributed by atoms with Crippen LogP contribution in [0.4, 0.5) is 0 Å². The average molecular weight is 406 g/mol. The highest BCUT2D eigenvalue weighted by molar-refractivity contribution is 6.30. The number of likely N-dealkylation sites (tertiary alicyclic amines) is 1. The maximum Gasteiger partial charge on any atom is 0.261 e. The lowest BCUT2D eigenvalue weighted by atomic mass is 10.0. The number of halogens is 1. The second kappa shape index (κ2) is 8.73. The highest BCUT2D eigenvalue weighted by Crippen LogP contribution is 2.23. The number of hydrogen-bond donors (Lipinski definition) is 1. The topological polar surface area (TPSA) is 86.8 Å².